The van der Waals surface area contributed by atoms with Gasteiger partial charge in [0.2, 0.25) is 5.91 Å². The first-order valence-corrected chi connectivity index (χ1v) is 8.25. The van der Waals surface area contributed by atoms with Crippen molar-refractivity contribution in [3.63, 3.8) is 0 Å². The standard InChI is InChI=1S/C18H28N2O.ClH/c1-3-4-6-15-8-10-16(11-9-15)13-18(21)20-12-5-7-17(14-20)19-2;/h8-11,17,19H,3-7,12-14H2,1-2H3;1H. The molecule has 1 fully saturated rings. The largest absolute Gasteiger partial charge is 0.341 e. The maximum absolute atomic E-state index is 12.4. The fraction of sp³-hybridized carbons (Fsp3) is 0.611. The summed E-state index contributed by atoms with van der Waals surface area (Å²) in [7, 11) is 1.98. The number of unbranched alkanes of at least 4 members (excludes halogenated alkanes) is 1. The van der Waals surface area contributed by atoms with Gasteiger partial charge in [0, 0.05) is 19.1 Å². The highest BCUT2D eigenvalue weighted by molar-refractivity contribution is 5.85. The number of hydrogen-bond donors (Lipinski definition) is 1. The second-order valence-corrected chi connectivity index (χ2v) is 6.06. The Labute approximate surface area is 140 Å². The molecule has 1 heterocycles. The number of aryl methyl sites for hydroxylation is 1. The molecule has 0 radical (unpaired) electrons. The molecule has 2 rings (SSSR count). The number of piperidine rings is 1. The number of rotatable bonds is 6. The minimum absolute atomic E-state index is 0. The topological polar surface area (TPSA) is 32.3 Å². The molecular weight excluding hydrogens is 296 g/mol. The Balaban J connectivity index is 0.00000242. The van der Waals surface area contributed by atoms with Crippen molar-refractivity contribution in [1.82, 2.24) is 10.2 Å². The SMILES string of the molecule is CCCCc1ccc(CC(=O)N2CCCC(NC)C2)cc1.Cl. The predicted molar refractivity (Wildman–Crippen MR) is 94.7 cm³/mol. The van der Waals surface area contributed by atoms with Crippen LogP contribution >= 0.6 is 12.4 Å². The smallest absolute Gasteiger partial charge is 0.227 e. The van der Waals surface area contributed by atoms with Crippen molar-refractivity contribution >= 4 is 18.3 Å². The van der Waals surface area contributed by atoms with E-state index in [9.17, 15) is 4.79 Å². The first kappa shape index (κ1) is 19.0. The van der Waals surface area contributed by atoms with Crippen molar-refractivity contribution in [2.45, 2.75) is 51.5 Å². The van der Waals surface area contributed by atoms with Crippen molar-refractivity contribution < 1.29 is 4.79 Å². The summed E-state index contributed by atoms with van der Waals surface area (Å²) in [6, 6.07) is 9.03. The Morgan fingerprint density at radius 2 is 1.95 bits per heavy atom. The Morgan fingerprint density at radius 1 is 1.27 bits per heavy atom. The predicted octanol–water partition coefficient (Wildman–Crippen LogP) is 3.20. The fourth-order valence-electron chi connectivity index (χ4n) is 2.93. The highest BCUT2D eigenvalue weighted by atomic mass is 35.5. The van der Waals surface area contributed by atoms with Gasteiger partial charge in [0.15, 0.2) is 0 Å². The van der Waals surface area contributed by atoms with Gasteiger partial charge in [0.1, 0.15) is 0 Å². The van der Waals surface area contributed by atoms with Gasteiger partial charge >= 0.3 is 0 Å². The van der Waals surface area contributed by atoms with Gasteiger partial charge in [-0.1, -0.05) is 37.6 Å². The van der Waals surface area contributed by atoms with Crippen LogP contribution in [0.3, 0.4) is 0 Å². The van der Waals surface area contributed by atoms with Crippen LogP contribution in [-0.4, -0.2) is 37.0 Å². The molecule has 3 nitrogen and oxygen atoms in total. The van der Waals surface area contributed by atoms with Crippen LogP contribution in [0.1, 0.15) is 43.7 Å². The monoisotopic (exact) mass is 324 g/mol. The summed E-state index contributed by atoms with van der Waals surface area (Å²) in [5.74, 6) is 0.260. The molecule has 0 saturated carbocycles. The van der Waals surface area contributed by atoms with Gasteiger partial charge in [-0.2, -0.15) is 0 Å². The second kappa shape index (κ2) is 9.86. The number of carbonyl (C=O) groups is 1. The van der Waals surface area contributed by atoms with Crippen LogP contribution in [0.2, 0.25) is 0 Å². The van der Waals surface area contributed by atoms with Gasteiger partial charge in [0.25, 0.3) is 0 Å². The number of likely N-dealkylation sites (tertiary alicyclic amines) is 1. The summed E-state index contributed by atoms with van der Waals surface area (Å²) in [4.78, 5) is 14.4. The van der Waals surface area contributed by atoms with Crippen LogP contribution in [-0.2, 0) is 17.6 Å². The molecule has 1 atom stereocenters. The average Bonchev–Trinajstić information content (AvgIpc) is 2.54. The molecule has 1 aliphatic heterocycles. The van der Waals surface area contributed by atoms with Gasteiger partial charge < -0.3 is 10.2 Å². The fourth-order valence-corrected chi connectivity index (χ4v) is 2.93. The van der Waals surface area contributed by atoms with E-state index in [1.165, 1.54) is 24.8 Å². The highest BCUT2D eigenvalue weighted by Crippen LogP contribution is 2.13. The van der Waals surface area contributed by atoms with Crippen LogP contribution in [0.5, 0.6) is 0 Å². The molecule has 124 valence electrons. The molecule has 1 N–H and O–H groups in total. The molecule has 4 heteroatoms. The van der Waals surface area contributed by atoms with Crippen LogP contribution in [0.25, 0.3) is 0 Å². The van der Waals surface area contributed by atoms with E-state index in [-0.39, 0.29) is 18.3 Å². The van der Waals surface area contributed by atoms with E-state index in [1.54, 1.807) is 0 Å². The third-order valence-corrected chi connectivity index (χ3v) is 4.38. The number of halogens is 1. The summed E-state index contributed by atoms with van der Waals surface area (Å²) in [6.45, 7) is 3.97. The zero-order chi connectivity index (χ0) is 15.1. The molecule has 1 aromatic carbocycles. The van der Waals surface area contributed by atoms with Crippen molar-refractivity contribution in [3.05, 3.63) is 35.4 Å². The first-order valence-electron chi connectivity index (χ1n) is 8.25. The summed E-state index contributed by atoms with van der Waals surface area (Å²) >= 11 is 0. The highest BCUT2D eigenvalue weighted by Gasteiger charge is 2.22. The van der Waals surface area contributed by atoms with E-state index >= 15 is 0 Å². The van der Waals surface area contributed by atoms with Crippen molar-refractivity contribution in [1.29, 1.82) is 0 Å². The maximum Gasteiger partial charge on any atom is 0.227 e. The Morgan fingerprint density at radius 3 is 2.59 bits per heavy atom. The van der Waals surface area contributed by atoms with E-state index in [0.717, 1.165) is 31.5 Å². The Hall–Kier alpha value is -1.06. The van der Waals surface area contributed by atoms with E-state index in [4.69, 9.17) is 0 Å². The van der Waals surface area contributed by atoms with Crippen LogP contribution in [0.15, 0.2) is 24.3 Å². The lowest BCUT2D eigenvalue weighted by Crippen LogP contribution is -2.47. The summed E-state index contributed by atoms with van der Waals surface area (Å²) in [5, 5.41) is 3.29. The molecule has 0 bridgehead atoms. The lowest BCUT2D eigenvalue weighted by atomic mass is 10.0. The molecule has 1 saturated heterocycles. The summed E-state index contributed by atoms with van der Waals surface area (Å²) in [5.41, 5.74) is 2.51. The Bertz CT molecular complexity index is 447. The minimum atomic E-state index is 0. The number of nitrogens with one attached hydrogen (secondary N) is 1. The van der Waals surface area contributed by atoms with Crippen molar-refractivity contribution in [2.75, 3.05) is 20.1 Å². The van der Waals surface area contributed by atoms with Crippen molar-refractivity contribution in [3.8, 4) is 0 Å². The number of hydrogen-bond acceptors (Lipinski definition) is 2. The van der Waals surface area contributed by atoms with E-state index < -0.39 is 0 Å². The number of likely N-dealkylation sites (N-methyl/N-ethyl adjacent to an activating group) is 1. The molecule has 1 aliphatic rings. The third-order valence-electron chi connectivity index (χ3n) is 4.38. The van der Waals surface area contributed by atoms with Gasteiger partial charge in [0.05, 0.1) is 6.42 Å². The van der Waals surface area contributed by atoms with E-state index in [1.807, 2.05) is 11.9 Å². The second-order valence-electron chi connectivity index (χ2n) is 6.06. The average molecular weight is 325 g/mol. The molecule has 1 amide bonds. The molecule has 0 aromatic heterocycles. The minimum Gasteiger partial charge on any atom is -0.341 e. The van der Waals surface area contributed by atoms with Crippen LogP contribution in [0, 0.1) is 0 Å². The molecule has 22 heavy (non-hydrogen) atoms. The van der Waals surface area contributed by atoms with Gasteiger partial charge in [-0.3, -0.25) is 4.79 Å². The summed E-state index contributed by atoms with van der Waals surface area (Å²) < 4.78 is 0. The van der Waals surface area contributed by atoms with Crippen LogP contribution in [0.4, 0.5) is 0 Å². The van der Waals surface area contributed by atoms with Gasteiger partial charge in [-0.05, 0) is 43.9 Å². The lowest BCUT2D eigenvalue weighted by Gasteiger charge is -2.32. The third kappa shape index (κ3) is 5.62. The zero-order valence-corrected chi connectivity index (χ0v) is 14.6. The molecule has 0 spiro atoms. The number of nitrogens with zero attached hydrogens (tertiary/aromatic N) is 1. The van der Waals surface area contributed by atoms with E-state index in [2.05, 4.69) is 36.5 Å². The lowest BCUT2D eigenvalue weighted by molar-refractivity contribution is -0.131. The first-order chi connectivity index (χ1) is 10.2. The number of benzene rings is 1. The number of carbonyl (C=O) groups excluding carboxylic acids is 1. The number of amides is 1. The van der Waals surface area contributed by atoms with Gasteiger partial charge in [-0.25, -0.2) is 0 Å². The van der Waals surface area contributed by atoms with E-state index in [0.29, 0.717) is 12.5 Å². The maximum atomic E-state index is 12.4. The van der Waals surface area contributed by atoms with Crippen LogP contribution < -0.4 is 5.32 Å². The summed E-state index contributed by atoms with van der Waals surface area (Å²) in [6.07, 6.45) is 6.41. The molecule has 1 unspecified atom stereocenters. The zero-order valence-electron chi connectivity index (χ0n) is 13.8. The molecular formula is C18H29ClN2O. The quantitative estimate of drug-likeness (QED) is 0.871. The van der Waals surface area contributed by atoms with Crippen molar-refractivity contribution in [2.24, 2.45) is 0 Å². The Kier molecular flexibility index (Phi) is 8.51. The van der Waals surface area contributed by atoms with Gasteiger partial charge in [-0.15, -0.1) is 12.4 Å². The molecule has 0 aliphatic carbocycles. The normalized spacial score (nSPS) is 17.9. The molecule has 1 aromatic rings.